The summed E-state index contributed by atoms with van der Waals surface area (Å²) in [6.07, 6.45) is 5.05. The maximum atomic E-state index is 12.2. The standard InChI is InChI=1S/C14H25NO3/c1-13(2,3)18-12(17)15-8-7-14(15)6-4-5-11(9-14)10-16/h11,16H,4-10H2,1-3H3. The van der Waals surface area contributed by atoms with Crippen molar-refractivity contribution in [2.45, 2.75) is 64.0 Å². The number of nitrogens with zero attached hydrogens (tertiary/aromatic N) is 1. The summed E-state index contributed by atoms with van der Waals surface area (Å²) >= 11 is 0. The zero-order valence-corrected chi connectivity index (χ0v) is 11.7. The minimum Gasteiger partial charge on any atom is -0.444 e. The molecule has 1 aliphatic heterocycles. The smallest absolute Gasteiger partial charge is 0.410 e. The number of amides is 1. The van der Waals surface area contributed by atoms with Crippen LogP contribution in [0.1, 0.15) is 52.9 Å². The molecule has 1 saturated carbocycles. The highest BCUT2D eigenvalue weighted by molar-refractivity contribution is 5.70. The van der Waals surface area contributed by atoms with Gasteiger partial charge in [-0.2, -0.15) is 0 Å². The molecule has 2 rings (SSSR count). The molecule has 1 spiro atoms. The molecule has 18 heavy (non-hydrogen) atoms. The Morgan fingerprint density at radius 1 is 1.44 bits per heavy atom. The first-order chi connectivity index (χ1) is 8.36. The summed E-state index contributed by atoms with van der Waals surface area (Å²) in [6, 6.07) is 0. The van der Waals surface area contributed by atoms with Crippen molar-refractivity contribution in [2.75, 3.05) is 13.2 Å². The van der Waals surface area contributed by atoms with Crippen molar-refractivity contribution < 1.29 is 14.6 Å². The minimum absolute atomic E-state index is 0.0199. The molecule has 1 aliphatic carbocycles. The summed E-state index contributed by atoms with van der Waals surface area (Å²) in [5, 5.41) is 9.32. The molecular formula is C14H25NO3. The minimum atomic E-state index is -0.432. The third-order valence-corrected chi connectivity index (χ3v) is 4.17. The van der Waals surface area contributed by atoms with E-state index in [0.29, 0.717) is 5.92 Å². The fourth-order valence-electron chi connectivity index (χ4n) is 3.23. The van der Waals surface area contributed by atoms with Crippen LogP contribution in [0.15, 0.2) is 0 Å². The molecule has 1 amide bonds. The summed E-state index contributed by atoms with van der Waals surface area (Å²) < 4.78 is 5.46. The Balaban J connectivity index is 2.00. The number of aliphatic hydroxyl groups excluding tert-OH is 1. The zero-order chi connectivity index (χ0) is 13.4. The molecule has 0 bridgehead atoms. The summed E-state index contributed by atoms with van der Waals surface area (Å²) in [5.41, 5.74) is -0.451. The van der Waals surface area contributed by atoms with Gasteiger partial charge in [-0.15, -0.1) is 0 Å². The van der Waals surface area contributed by atoms with Crippen molar-refractivity contribution >= 4 is 6.09 Å². The van der Waals surface area contributed by atoms with Gasteiger partial charge in [0.15, 0.2) is 0 Å². The van der Waals surface area contributed by atoms with E-state index in [0.717, 1.165) is 38.6 Å². The van der Waals surface area contributed by atoms with E-state index in [-0.39, 0.29) is 18.2 Å². The monoisotopic (exact) mass is 255 g/mol. The van der Waals surface area contributed by atoms with Crippen molar-refractivity contribution in [1.82, 2.24) is 4.90 Å². The highest BCUT2D eigenvalue weighted by atomic mass is 16.6. The maximum Gasteiger partial charge on any atom is 0.410 e. The molecule has 2 atom stereocenters. The van der Waals surface area contributed by atoms with Crippen molar-refractivity contribution in [1.29, 1.82) is 0 Å². The molecule has 2 unspecified atom stereocenters. The predicted molar refractivity (Wildman–Crippen MR) is 69.3 cm³/mol. The Hall–Kier alpha value is -0.770. The summed E-state index contributed by atoms with van der Waals surface area (Å²) in [7, 11) is 0. The summed E-state index contributed by atoms with van der Waals surface area (Å²) in [4.78, 5) is 14.0. The van der Waals surface area contributed by atoms with E-state index in [2.05, 4.69) is 0 Å². The molecule has 1 N–H and O–H groups in total. The third kappa shape index (κ3) is 2.63. The van der Waals surface area contributed by atoms with Gasteiger partial charge in [-0.1, -0.05) is 6.42 Å². The quantitative estimate of drug-likeness (QED) is 0.783. The molecule has 1 heterocycles. The predicted octanol–water partition coefficient (Wildman–Crippen LogP) is 2.55. The van der Waals surface area contributed by atoms with Crippen LogP contribution in [-0.2, 0) is 4.74 Å². The van der Waals surface area contributed by atoms with E-state index >= 15 is 0 Å². The molecule has 1 saturated heterocycles. The van der Waals surface area contributed by atoms with Crippen LogP contribution in [0.3, 0.4) is 0 Å². The molecular weight excluding hydrogens is 230 g/mol. The Bertz CT molecular complexity index is 323. The lowest BCUT2D eigenvalue weighted by atomic mass is 9.69. The van der Waals surface area contributed by atoms with Gasteiger partial charge in [0.2, 0.25) is 0 Å². The fourth-order valence-corrected chi connectivity index (χ4v) is 3.23. The van der Waals surface area contributed by atoms with Gasteiger partial charge in [0, 0.05) is 18.7 Å². The van der Waals surface area contributed by atoms with Gasteiger partial charge < -0.3 is 14.7 Å². The van der Waals surface area contributed by atoms with Crippen LogP contribution >= 0.6 is 0 Å². The molecule has 4 heteroatoms. The Morgan fingerprint density at radius 3 is 2.67 bits per heavy atom. The molecule has 0 aromatic carbocycles. The number of likely N-dealkylation sites (tertiary alicyclic amines) is 1. The molecule has 0 radical (unpaired) electrons. The number of ether oxygens (including phenoxy) is 1. The van der Waals surface area contributed by atoms with Gasteiger partial charge in [0.05, 0.1) is 0 Å². The first kappa shape index (κ1) is 13.7. The normalized spacial score (nSPS) is 32.2. The van der Waals surface area contributed by atoms with E-state index in [4.69, 9.17) is 4.74 Å². The van der Waals surface area contributed by atoms with Gasteiger partial charge in [0.1, 0.15) is 5.60 Å². The number of hydrogen-bond acceptors (Lipinski definition) is 3. The second-order valence-electron chi connectivity index (χ2n) is 6.75. The highest BCUT2D eigenvalue weighted by Crippen LogP contribution is 2.45. The average Bonchev–Trinajstić information content (AvgIpc) is 2.25. The Labute approximate surface area is 109 Å². The maximum absolute atomic E-state index is 12.2. The number of rotatable bonds is 1. The molecule has 0 aromatic heterocycles. The average molecular weight is 255 g/mol. The topological polar surface area (TPSA) is 49.8 Å². The first-order valence-corrected chi connectivity index (χ1v) is 6.98. The van der Waals surface area contributed by atoms with Gasteiger partial charge in [-0.05, 0) is 52.4 Å². The number of hydrogen-bond donors (Lipinski definition) is 1. The van der Waals surface area contributed by atoms with Gasteiger partial charge in [-0.3, -0.25) is 0 Å². The highest BCUT2D eigenvalue weighted by Gasteiger charge is 2.50. The van der Waals surface area contributed by atoms with Crippen LogP contribution < -0.4 is 0 Å². The van der Waals surface area contributed by atoms with Crippen molar-refractivity contribution in [3.8, 4) is 0 Å². The number of carbonyl (C=O) groups excluding carboxylic acids is 1. The van der Waals surface area contributed by atoms with Crippen LogP contribution in [0.25, 0.3) is 0 Å². The van der Waals surface area contributed by atoms with Crippen molar-refractivity contribution in [2.24, 2.45) is 5.92 Å². The van der Waals surface area contributed by atoms with Crippen molar-refractivity contribution in [3.05, 3.63) is 0 Å². The molecule has 0 aromatic rings. The number of carbonyl (C=O) groups is 1. The van der Waals surface area contributed by atoms with Gasteiger partial charge >= 0.3 is 6.09 Å². The van der Waals surface area contributed by atoms with E-state index in [1.54, 1.807) is 0 Å². The fraction of sp³-hybridized carbons (Fsp3) is 0.929. The van der Waals surface area contributed by atoms with Crippen LogP contribution in [0.5, 0.6) is 0 Å². The SMILES string of the molecule is CC(C)(C)OC(=O)N1CCC12CCCC(CO)C2. The van der Waals surface area contributed by atoms with Gasteiger partial charge in [-0.25, -0.2) is 4.79 Å². The third-order valence-electron chi connectivity index (χ3n) is 4.17. The van der Waals surface area contributed by atoms with Crippen LogP contribution in [0, 0.1) is 5.92 Å². The Morgan fingerprint density at radius 2 is 2.17 bits per heavy atom. The summed E-state index contributed by atoms with van der Waals surface area (Å²) in [6.45, 7) is 6.73. The van der Waals surface area contributed by atoms with Gasteiger partial charge in [0.25, 0.3) is 0 Å². The second kappa shape index (κ2) is 4.72. The van der Waals surface area contributed by atoms with E-state index in [9.17, 15) is 9.90 Å². The lowest BCUT2D eigenvalue weighted by Gasteiger charge is -2.56. The molecule has 2 fully saturated rings. The second-order valence-corrected chi connectivity index (χ2v) is 6.75. The zero-order valence-electron chi connectivity index (χ0n) is 11.7. The molecule has 4 nitrogen and oxygen atoms in total. The first-order valence-electron chi connectivity index (χ1n) is 6.98. The van der Waals surface area contributed by atoms with E-state index in [1.807, 2.05) is 25.7 Å². The van der Waals surface area contributed by atoms with E-state index < -0.39 is 5.60 Å². The van der Waals surface area contributed by atoms with Crippen molar-refractivity contribution in [3.63, 3.8) is 0 Å². The van der Waals surface area contributed by atoms with E-state index in [1.165, 1.54) is 0 Å². The summed E-state index contributed by atoms with van der Waals surface area (Å²) in [5.74, 6) is 0.351. The van der Waals surface area contributed by atoms with Crippen LogP contribution in [-0.4, -0.2) is 40.4 Å². The largest absolute Gasteiger partial charge is 0.444 e. The molecule has 104 valence electrons. The number of aliphatic hydroxyl groups is 1. The van der Waals surface area contributed by atoms with Crippen LogP contribution in [0.2, 0.25) is 0 Å². The molecule has 2 aliphatic rings. The Kier molecular flexibility index (Phi) is 3.58. The lowest BCUT2D eigenvalue weighted by Crippen LogP contribution is -2.64. The van der Waals surface area contributed by atoms with Crippen LogP contribution in [0.4, 0.5) is 4.79 Å². The lowest BCUT2D eigenvalue weighted by molar-refractivity contribution is -0.0721.